The fraction of sp³-hybridized carbons (Fsp3) is 0.519. The smallest absolute Gasteiger partial charge is 0.227 e. The lowest BCUT2D eigenvalue weighted by molar-refractivity contribution is 0.238. The van der Waals surface area contributed by atoms with Crippen molar-refractivity contribution >= 4 is 43.9 Å². The van der Waals surface area contributed by atoms with Crippen LogP contribution >= 0.6 is 0 Å². The predicted molar refractivity (Wildman–Crippen MR) is 149 cm³/mol. The fourth-order valence-corrected chi connectivity index (χ4v) is 6.68. The highest BCUT2D eigenvalue weighted by molar-refractivity contribution is 7.90. The summed E-state index contributed by atoms with van der Waals surface area (Å²) in [6.45, 7) is 8.97. The molecule has 3 aromatic rings. The van der Waals surface area contributed by atoms with Gasteiger partial charge in [0.2, 0.25) is 5.95 Å². The molecule has 0 unspecified atom stereocenters. The number of aromatic nitrogens is 3. The Morgan fingerprint density at radius 3 is 2.62 bits per heavy atom. The Kier molecular flexibility index (Phi) is 6.97. The normalized spacial score (nSPS) is 22.1. The minimum Gasteiger partial charge on any atom is -0.396 e. The first-order valence-corrected chi connectivity index (χ1v) is 15.0. The van der Waals surface area contributed by atoms with Crippen molar-refractivity contribution < 1.29 is 13.5 Å². The van der Waals surface area contributed by atoms with Gasteiger partial charge >= 0.3 is 0 Å². The molecule has 2 aromatic heterocycles. The number of pyridine rings is 1. The summed E-state index contributed by atoms with van der Waals surface area (Å²) in [5.41, 5.74) is 2.33. The van der Waals surface area contributed by atoms with Crippen LogP contribution in [0.5, 0.6) is 0 Å². The molecule has 2 N–H and O–H groups in total. The Morgan fingerprint density at radius 2 is 1.95 bits per heavy atom. The summed E-state index contributed by atoms with van der Waals surface area (Å²) in [6.07, 6.45) is 5.90. The maximum absolute atomic E-state index is 11.8. The second-order valence-electron chi connectivity index (χ2n) is 10.8. The average Bonchev–Trinajstić information content (AvgIpc) is 3.35. The van der Waals surface area contributed by atoms with Crippen LogP contribution < -0.4 is 15.1 Å². The van der Waals surface area contributed by atoms with Gasteiger partial charge < -0.3 is 20.2 Å². The number of fused-ring (bicyclic) bond motifs is 1. The maximum Gasteiger partial charge on any atom is 0.227 e. The average molecular weight is 525 g/mol. The molecule has 0 saturated carbocycles. The standard InChI is InChI=1S/C27H36N6O3S/c1-17(2)21-5-6-24(33-14-20(18(33)3)16-37(4,35)36)23-12-29-26(11-22(21)23)30-25-7-9-28-27(31-25)32-10-8-19(13-32)15-34/h5-7,9,11-12,17-20,34H,8,10,13-16H2,1-4H3,(H,28,29,30,31)/t18-,19+,20-/m1/s1. The Hall–Kier alpha value is -2.98. The number of rotatable bonds is 8. The van der Waals surface area contributed by atoms with Gasteiger partial charge in [0.05, 0.1) is 5.75 Å². The molecule has 2 saturated heterocycles. The number of aliphatic hydroxyl groups is 1. The van der Waals surface area contributed by atoms with Gasteiger partial charge in [0, 0.05) is 73.8 Å². The van der Waals surface area contributed by atoms with Crippen molar-refractivity contribution in [2.45, 2.75) is 39.2 Å². The molecule has 3 atom stereocenters. The van der Waals surface area contributed by atoms with Gasteiger partial charge in [-0.25, -0.2) is 18.4 Å². The summed E-state index contributed by atoms with van der Waals surface area (Å²) in [5, 5.41) is 15.0. The van der Waals surface area contributed by atoms with E-state index in [1.165, 1.54) is 11.8 Å². The molecule has 0 bridgehead atoms. The summed E-state index contributed by atoms with van der Waals surface area (Å²) in [5.74, 6) is 2.99. The molecule has 0 amide bonds. The molecule has 1 aromatic carbocycles. The second kappa shape index (κ2) is 10.1. The van der Waals surface area contributed by atoms with E-state index in [9.17, 15) is 13.5 Å². The lowest BCUT2D eigenvalue weighted by atomic mass is 9.88. The molecular weight excluding hydrogens is 488 g/mol. The van der Waals surface area contributed by atoms with E-state index in [0.717, 1.165) is 42.5 Å². The highest BCUT2D eigenvalue weighted by atomic mass is 32.2. The Bertz CT molecular complexity index is 1400. The van der Waals surface area contributed by atoms with Gasteiger partial charge in [-0.2, -0.15) is 4.98 Å². The van der Waals surface area contributed by atoms with Crippen molar-refractivity contribution in [3.63, 3.8) is 0 Å². The molecule has 5 rings (SSSR count). The van der Waals surface area contributed by atoms with E-state index in [2.05, 4.69) is 59.1 Å². The molecule has 9 nitrogen and oxygen atoms in total. The summed E-state index contributed by atoms with van der Waals surface area (Å²) in [4.78, 5) is 18.2. The summed E-state index contributed by atoms with van der Waals surface area (Å²) in [6, 6.07) is 8.38. The Morgan fingerprint density at radius 1 is 1.14 bits per heavy atom. The second-order valence-corrected chi connectivity index (χ2v) is 13.0. The molecular formula is C27H36N6O3S. The zero-order chi connectivity index (χ0) is 26.3. The maximum atomic E-state index is 11.8. The monoisotopic (exact) mass is 524 g/mol. The number of sulfone groups is 1. The van der Waals surface area contributed by atoms with E-state index in [4.69, 9.17) is 9.97 Å². The van der Waals surface area contributed by atoms with E-state index in [-0.39, 0.29) is 30.2 Å². The molecule has 2 aliphatic rings. The van der Waals surface area contributed by atoms with Crippen LogP contribution in [0.2, 0.25) is 0 Å². The first kappa shape index (κ1) is 25.7. The van der Waals surface area contributed by atoms with Crippen LogP contribution in [0.4, 0.5) is 23.3 Å². The zero-order valence-electron chi connectivity index (χ0n) is 21.9. The number of nitrogens with zero attached hydrogens (tertiary/aromatic N) is 5. The van der Waals surface area contributed by atoms with E-state index >= 15 is 0 Å². The molecule has 198 valence electrons. The number of hydrogen-bond acceptors (Lipinski definition) is 9. The quantitative estimate of drug-likeness (QED) is 0.457. The predicted octanol–water partition coefficient (Wildman–Crippen LogP) is 3.58. The minimum absolute atomic E-state index is 0.138. The van der Waals surface area contributed by atoms with Crippen molar-refractivity contribution in [2.24, 2.45) is 11.8 Å². The van der Waals surface area contributed by atoms with Gasteiger partial charge in [-0.15, -0.1) is 0 Å². The van der Waals surface area contributed by atoms with Crippen LogP contribution in [0.25, 0.3) is 10.8 Å². The van der Waals surface area contributed by atoms with Crippen molar-refractivity contribution in [3.8, 4) is 0 Å². The van der Waals surface area contributed by atoms with E-state index in [1.54, 1.807) is 6.20 Å². The van der Waals surface area contributed by atoms with Crippen LogP contribution in [0, 0.1) is 11.8 Å². The van der Waals surface area contributed by atoms with Crippen molar-refractivity contribution in [1.29, 1.82) is 0 Å². The highest BCUT2D eigenvalue weighted by Crippen LogP contribution is 2.39. The molecule has 4 heterocycles. The first-order chi connectivity index (χ1) is 17.6. The topological polar surface area (TPSA) is 112 Å². The third kappa shape index (κ3) is 5.36. The SMILES string of the molecule is CC(C)c1ccc(N2C[C@H](CS(C)(=O)=O)[C@H]2C)c2cnc(Nc3ccnc(N4CC[C@H](CO)C4)n3)cc12. The molecule has 2 aliphatic heterocycles. The molecule has 0 aliphatic carbocycles. The number of hydrogen-bond donors (Lipinski definition) is 2. The van der Waals surface area contributed by atoms with Gasteiger partial charge in [-0.1, -0.05) is 19.9 Å². The number of anilines is 4. The number of nitrogens with one attached hydrogen (secondary N) is 1. The van der Waals surface area contributed by atoms with Crippen molar-refractivity contribution in [3.05, 3.63) is 42.2 Å². The van der Waals surface area contributed by atoms with Crippen LogP contribution in [0.15, 0.2) is 36.7 Å². The molecule has 2 fully saturated rings. The summed E-state index contributed by atoms with van der Waals surface area (Å²) < 4.78 is 23.6. The fourth-order valence-electron chi connectivity index (χ4n) is 5.52. The van der Waals surface area contributed by atoms with E-state index < -0.39 is 9.84 Å². The minimum atomic E-state index is -3.00. The van der Waals surface area contributed by atoms with Crippen molar-refractivity contribution in [2.75, 3.05) is 53.4 Å². The zero-order valence-corrected chi connectivity index (χ0v) is 22.7. The summed E-state index contributed by atoms with van der Waals surface area (Å²) >= 11 is 0. The van der Waals surface area contributed by atoms with Crippen LogP contribution in [-0.2, 0) is 9.84 Å². The van der Waals surface area contributed by atoms with Crippen molar-refractivity contribution in [1.82, 2.24) is 15.0 Å². The lowest BCUT2D eigenvalue weighted by Gasteiger charge is -2.48. The van der Waals surface area contributed by atoms with Gasteiger partial charge in [-0.05, 0) is 48.4 Å². The lowest BCUT2D eigenvalue weighted by Crippen LogP contribution is -2.57. The van der Waals surface area contributed by atoms with Crippen LogP contribution in [-0.4, -0.2) is 72.8 Å². The third-order valence-electron chi connectivity index (χ3n) is 7.69. The van der Waals surface area contributed by atoms with E-state index in [0.29, 0.717) is 23.5 Å². The number of benzene rings is 1. The molecule has 10 heteroatoms. The van der Waals surface area contributed by atoms with Gasteiger partial charge in [0.15, 0.2) is 0 Å². The third-order valence-corrected chi connectivity index (χ3v) is 8.72. The Labute approximate surface area is 218 Å². The molecule has 0 radical (unpaired) electrons. The van der Waals surface area contributed by atoms with Crippen LogP contribution in [0.1, 0.15) is 38.7 Å². The largest absolute Gasteiger partial charge is 0.396 e. The van der Waals surface area contributed by atoms with Gasteiger partial charge in [-0.3, -0.25) is 0 Å². The Balaban J connectivity index is 1.42. The van der Waals surface area contributed by atoms with Crippen LogP contribution in [0.3, 0.4) is 0 Å². The van der Waals surface area contributed by atoms with Gasteiger partial charge in [0.25, 0.3) is 0 Å². The molecule has 0 spiro atoms. The molecule has 37 heavy (non-hydrogen) atoms. The highest BCUT2D eigenvalue weighted by Gasteiger charge is 2.38. The van der Waals surface area contributed by atoms with E-state index in [1.807, 2.05) is 12.3 Å². The summed E-state index contributed by atoms with van der Waals surface area (Å²) in [7, 11) is -3.00. The first-order valence-electron chi connectivity index (χ1n) is 13.0. The van der Waals surface area contributed by atoms with Gasteiger partial charge in [0.1, 0.15) is 21.5 Å². The number of aliphatic hydroxyl groups excluding tert-OH is 1.